The number of nitrogens with zero attached hydrogens (tertiary/aromatic N) is 1. The number of piperidine rings is 1. The monoisotopic (exact) mass is 349 g/mol. The lowest BCUT2D eigenvalue weighted by atomic mass is 9.99. The van der Waals surface area contributed by atoms with Crippen molar-refractivity contribution in [1.82, 2.24) is 4.90 Å². The Kier molecular flexibility index (Phi) is 4.34. The minimum atomic E-state index is 0.0366. The molecular formula is C17H20BrNO2. The molecule has 1 saturated heterocycles. The molecule has 21 heavy (non-hydrogen) atoms. The van der Waals surface area contributed by atoms with Crippen LogP contribution in [-0.2, 0) is 0 Å². The fourth-order valence-corrected chi connectivity index (χ4v) is 3.63. The Labute approximate surface area is 133 Å². The van der Waals surface area contributed by atoms with Crippen LogP contribution in [0.15, 0.2) is 28.7 Å². The first kappa shape index (κ1) is 14.6. The van der Waals surface area contributed by atoms with Crippen molar-refractivity contribution < 1.29 is 9.21 Å². The molecule has 1 aromatic carbocycles. The highest BCUT2D eigenvalue weighted by Gasteiger charge is 2.28. The van der Waals surface area contributed by atoms with E-state index in [0.29, 0.717) is 11.8 Å². The first-order valence-electron chi connectivity index (χ1n) is 7.56. The van der Waals surface area contributed by atoms with E-state index >= 15 is 0 Å². The van der Waals surface area contributed by atoms with Gasteiger partial charge in [-0.25, -0.2) is 0 Å². The van der Waals surface area contributed by atoms with Crippen molar-refractivity contribution in [2.24, 2.45) is 0 Å². The van der Waals surface area contributed by atoms with Gasteiger partial charge in [0.2, 0.25) is 0 Å². The van der Waals surface area contributed by atoms with E-state index in [1.165, 1.54) is 12.0 Å². The Bertz CT molecular complexity index is 647. The number of furan rings is 1. The summed E-state index contributed by atoms with van der Waals surface area (Å²) in [6.45, 7) is 2.89. The standard InChI is InChI=1S/C17H20BrNO2/c1-12-5-6-15-13(10-12)11-16(21-15)17(20)19-9-3-2-4-14(19)7-8-18/h5-6,10-11,14H,2-4,7-9H2,1H3. The maximum absolute atomic E-state index is 12.8. The number of amides is 1. The van der Waals surface area contributed by atoms with Crippen LogP contribution in [0.5, 0.6) is 0 Å². The topological polar surface area (TPSA) is 33.5 Å². The summed E-state index contributed by atoms with van der Waals surface area (Å²) in [4.78, 5) is 14.8. The number of carbonyl (C=O) groups excluding carboxylic acids is 1. The largest absolute Gasteiger partial charge is 0.451 e. The maximum atomic E-state index is 12.8. The SMILES string of the molecule is Cc1ccc2oc(C(=O)N3CCCCC3CCBr)cc2c1. The Balaban J connectivity index is 1.87. The molecule has 0 radical (unpaired) electrons. The zero-order valence-corrected chi connectivity index (χ0v) is 13.9. The number of benzene rings is 1. The Hall–Kier alpha value is -1.29. The number of halogens is 1. The zero-order valence-electron chi connectivity index (χ0n) is 12.3. The molecule has 2 heterocycles. The molecule has 0 spiro atoms. The predicted octanol–water partition coefficient (Wildman–Crippen LogP) is 4.52. The number of hydrogen-bond acceptors (Lipinski definition) is 2. The van der Waals surface area contributed by atoms with Crippen molar-refractivity contribution in [3.05, 3.63) is 35.6 Å². The van der Waals surface area contributed by atoms with Gasteiger partial charge in [-0.3, -0.25) is 4.79 Å². The van der Waals surface area contributed by atoms with Crippen molar-refractivity contribution >= 4 is 32.8 Å². The molecule has 0 saturated carbocycles. The third kappa shape index (κ3) is 3.00. The van der Waals surface area contributed by atoms with Crippen LogP contribution in [0.1, 0.15) is 41.8 Å². The second kappa shape index (κ2) is 6.22. The first-order valence-corrected chi connectivity index (χ1v) is 8.68. The van der Waals surface area contributed by atoms with Gasteiger partial charge in [0.15, 0.2) is 5.76 Å². The van der Waals surface area contributed by atoms with Crippen molar-refractivity contribution in [3.63, 3.8) is 0 Å². The molecular weight excluding hydrogens is 330 g/mol. The van der Waals surface area contributed by atoms with Gasteiger partial charge in [0.25, 0.3) is 5.91 Å². The average molecular weight is 350 g/mol. The van der Waals surface area contributed by atoms with Crippen molar-refractivity contribution in [2.45, 2.75) is 38.6 Å². The molecule has 112 valence electrons. The Morgan fingerprint density at radius 3 is 3.05 bits per heavy atom. The van der Waals surface area contributed by atoms with E-state index in [1.54, 1.807) is 0 Å². The summed E-state index contributed by atoms with van der Waals surface area (Å²) in [5.41, 5.74) is 1.97. The highest BCUT2D eigenvalue weighted by atomic mass is 79.9. The minimum Gasteiger partial charge on any atom is -0.451 e. The van der Waals surface area contributed by atoms with Crippen molar-refractivity contribution in [2.75, 3.05) is 11.9 Å². The van der Waals surface area contributed by atoms with Crippen LogP contribution in [0.4, 0.5) is 0 Å². The van der Waals surface area contributed by atoms with E-state index in [0.717, 1.165) is 42.1 Å². The van der Waals surface area contributed by atoms with Crippen LogP contribution >= 0.6 is 15.9 Å². The molecule has 0 aliphatic carbocycles. The Morgan fingerprint density at radius 1 is 1.38 bits per heavy atom. The van der Waals surface area contributed by atoms with Crippen LogP contribution in [-0.4, -0.2) is 28.7 Å². The quantitative estimate of drug-likeness (QED) is 0.763. The van der Waals surface area contributed by atoms with Gasteiger partial charge in [0.05, 0.1) is 0 Å². The number of hydrogen-bond donors (Lipinski definition) is 0. The van der Waals surface area contributed by atoms with E-state index in [-0.39, 0.29) is 5.91 Å². The molecule has 0 bridgehead atoms. The van der Waals surface area contributed by atoms with E-state index in [4.69, 9.17) is 4.42 Å². The number of alkyl halides is 1. The molecule has 3 nitrogen and oxygen atoms in total. The summed E-state index contributed by atoms with van der Waals surface area (Å²) in [5, 5.41) is 1.94. The summed E-state index contributed by atoms with van der Waals surface area (Å²) < 4.78 is 5.76. The van der Waals surface area contributed by atoms with E-state index in [1.807, 2.05) is 30.0 Å². The number of rotatable bonds is 3. The fraction of sp³-hybridized carbons (Fsp3) is 0.471. The summed E-state index contributed by atoms with van der Waals surface area (Å²) in [5.74, 6) is 0.506. The van der Waals surface area contributed by atoms with Gasteiger partial charge in [0.1, 0.15) is 5.58 Å². The van der Waals surface area contributed by atoms with Crippen molar-refractivity contribution in [3.8, 4) is 0 Å². The number of aryl methyl sites for hydroxylation is 1. The number of likely N-dealkylation sites (tertiary alicyclic amines) is 1. The Morgan fingerprint density at radius 2 is 2.24 bits per heavy atom. The lowest BCUT2D eigenvalue weighted by Crippen LogP contribution is -2.43. The zero-order chi connectivity index (χ0) is 14.8. The maximum Gasteiger partial charge on any atom is 0.289 e. The van der Waals surface area contributed by atoms with Crippen LogP contribution in [0, 0.1) is 6.92 Å². The van der Waals surface area contributed by atoms with Gasteiger partial charge < -0.3 is 9.32 Å². The van der Waals surface area contributed by atoms with Gasteiger partial charge >= 0.3 is 0 Å². The smallest absolute Gasteiger partial charge is 0.289 e. The van der Waals surface area contributed by atoms with Gasteiger partial charge in [-0.2, -0.15) is 0 Å². The lowest BCUT2D eigenvalue weighted by molar-refractivity contribution is 0.0580. The minimum absolute atomic E-state index is 0.0366. The van der Waals surface area contributed by atoms with Gasteiger partial charge in [-0.15, -0.1) is 0 Å². The molecule has 0 N–H and O–H groups in total. The predicted molar refractivity (Wildman–Crippen MR) is 88.0 cm³/mol. The summed E-state index contributed by atoms with van der Waals surface area (Å²) in [7, 11) is 0. The molecule has 3 rings (SSSR count). The second-order valence-corrected chi connectivity index (χ2v) is 6.57. The average Bonchev–Trinajstić information content (AvgIpc) is 2.90. The van der Waals surface area contributed by atoms with Gasteiger partial charge in [0, 0.05) is 23.3 Å². The van der Waals surface area contributed by atoms with Crippen LogP contribution < -0.4 is 0 Å². The molecule has 2 aromatic rings. The summed E-state index contributed by atoms with van der Waals surface area (Å²) in [6.07, 6.45) is 4.40. The molecule has 1 amide bonds. The number of fused-ring (bicyclic) bond motifs is 1. The molecule has 1 aliphatic heterocycles. The van der Waals surface area contributed by atoms with E-state index in [2.05, 4.69) is 22.0 Å². The number of carbonyl (C=O) groups is 1. The lowest BCUT2D eigenvalue weighted by Gasteiger charge is -2.35. The van der Waals surface area contributed by atoms with Crippen LogP contribution in [0.3, 0.4) is 0 Å². The molecule has 4 heteroatoms. The van der Waals surface area contributed by atoms with Gasteiger partial charge in [-0.05, 0) is 50.8 Å². The van der Waals surface area contributed by atoms with Crippen molar-refractivity contribution in [1.29, 1.82) is 0 Å². The molecule has 1 unspecified atom stereocenters. The van der Waals surface area contributed by atoms with Crippen LogP contribution in [0.25, 0.3) is 11.0 Å². The second-order valence-electron chi connectivity index (χ2n) is 5.78. The fourth-order valence-electron chi connectivity index (χ4n) is 3.10. The molecule has 1 atom stereocenters. The van der Waals surface area contributed by atoms with Crippen LogP contribution in [0.2, 0.25) is 0 Å². The normalized spacial score (nSPS) is 19.1. The molecule has 1 aromatic heterocycles. The third-order valence-electron chi connectivity index (χ3n) is 4.21. The highest BCUT2D eigenvalue weighted by molar-refractivity contribution is 9.09. The third-order valence-corrected chi connectivity index (χ3v) is 4.67. The van der Waals surface area contributed by atoms with E-state index < -0.39 is 0 Å². The van der Waals surface area contributed by atoms with E-state index in [9.17, 15) is 4.79 Å². The summed E-state index contributed by atoms with van der Waals surface area (Å²) in [6, 6.07) is 8.22. The summed E-state index contributed by atoms with van der Waals surface area (Å²) >= 11 is 3.49. The first-order chi connectivity index (χ1) is 10.2. The molecule has 1 fully saturated rings. The highest BCUT2D eigenvalue weighted by Crippen LogP contribution is 2.26. The molecule has 1 aliphatic rings. The van der Waals surface area contributed by atoms with Gasteiger partial charge in [-0.1, -0.05) is 27.6 Å².